The molecule has 0 radical (unpaired) electrons. The molecular formula is C31H27NO4. The molecule has 0 fully saturated rings. The van der Waals surface area contributed by atoms with Gasteiger partial charge in [-0.3, -0.25) is 0 Å². The Morgan fingerprint density at radius 3 is 1.81 bits per heavy atom. The van der Waals surface area contributed by atoms with E-state index in [0.717, 1.165) is 16.7 Å². The number of methoxy groups -OCH3 is 2. The van der Waals surface area contributed by atoms with Crippen molar-refractivity contribution in [1.82, 2.24) is 5.32 Å². The van der Waals surface area contributed by atoms with Crippen LogP contribution < -0.4 is 5.32 Å². The van der Waals surface area contributed by atoms with Gasteiger partial charge < -0.3 is 14.8 Å². The number of hydrogen-bond acceptors (Lipinski definition) is 5. The number of benzene rings is 4. The minimum Gasteiger partial charge on any atom is -0.466 e. The molecule has 0 saturated heterocycles. The molecule has 4 aromatic carbocycles. The van der Waals surface area contributed by atoms with Crippen LogP contribution in [-0.2, 0) is 19.1 Å². The molecule has 0 aliphatic carbocycles. The standard InChI is InChI=1S/C31H27NO4/c1-18-27(30(33)35-3)29(28(19(2)32-18)31(34)36-4)21-15-13-20(14-16-21)26-17-22-9-5-6-10-23(22)24-11-7-8-12-25(24)26/h5-17,29,32H,1-4H3. The van der Waals surface area contributed by atoms with Gasteiger partial charge in [-0.25, -0.2) is 9.59 Å². The zero-order valence-electron chi connectivity index (χ0n) is 20.7. The average molecular weight is 478 g/mol. The average Bonchev–Trinajstić information content (AvgIpc) is 2.91. The number of esters is 2. The second-order valence-electron chi connectivity index (χ2n) is 8.93. The maximum Gasteiger partial charge on any atom is 0.336 e. The van der Waals surface area contributed by atoms with E-state index in [0.29, 0.717) is 22.5 Å². The molecule has 1 heterocycles. The van der Waals surface area contributed by atoms with E-state index in [1.807, 2.05) is 44.2 Å². The molecule has 180 valence electrons. The largest absolute Gasteiger partial charge is 0.466 e. The van der Waals surface area contributed by atoms with Crippen molar-refractivity contribution in [1.29, 1.82) is 0 Å². The lowest BCUT2D eigenvalue weighted by Gasteiger charge is -2.30. The van der Waals surface area contributed by atoms with Crippen LogP contribution in [0, 0.1) is 0 Å². The topological polar surface area (TPSA) is 64.6 Å². The Morgan fingerprint density at radius 2 is 1.22 bits per heavy atom. The van der Waals surface area contributed by atoms with E-state index in [-0.39, 0.29) is 0 Å². The summed E-state index contributed by atoms with van der Waals surface area (Å²) < 4.78 is 10.2. The van der Waals surface area contributed by atoms with E-state index in [1.165, 1.54) is 35.8 Å². The number of carbonyl (C=O) groups excluding carboxylic acids is 2. The minimum atomic E-state index is -0.603. The Bertz CT molecular complexity index is 1540. The van der Waals surface area contributed by atoms with Crippen LogP contribution in [-0.4, -0.2) is 26.2 Å². The van der Waals surface area contributed by atoms with Gasteiger partial charge >= 0.3 is 11.9 Å². The predicted octanol–water partition coefficient (Wildman–Crippen LogP) is 6.24. The van der Waals surface area contributed by atoms with Crippen LogP contribution in [0.15, 0.2) is 101 Å². The summed E-state index contributed by atoms with van der Waals surface area (Å²) in [5, 5.41) is 7.90. The number of hydrogen-bond donors (Lipinski definition) is 1. The Morgan fingerprint density at radius 1 is 0.694 bits per heavy atom. The molecule has 36 heavy (non-hydrogen) atoms. The normalized spacial score (nSPS) is 14.2. The molecule has 4 aromatic rings. The maximum absolute atomic E-state index is 12.8. The van der Waals surface area contributed by atoms with Crippen molar-refractivity contribution in [2.75, 3.05) is 14.2 Å². The number of nitrogens with one attached hydrogen (secondary N) is 1. The summed E-state index contributed by atoms with van der Waals surface area (Å²) in [6, 6.07) is 27.0. The first-order chi connectivity index (χ1) is 17.4. The molecule has 5 rings (SSSR count). The molecule has 0 saturated carbocycles. The second-order valence-corrected chi connectivity index (χ2v) is 8.93. The highest BCUT2D eigenvalue weighted by atomic mass is 16.5. The monoisotopic (exact) mass is 477 g/mol. The Balaban J connectivity index is 1.66. The number of ether oxygens (including phenoxy) is 2. The lowest BCUT2D eigenvalue weighted by molar-refractivity contribution is -0.137. The van der Waals surface area contributed by atoms with Crippen LogP contribution >= 0.6 is 0 Å². The molecule has 0 spiro atoms. The third-order valence-electron chi connectivity index (χ3n) is 6.89. The summed E-state index contributed by atoms with van der Waals surface area (Å²) in [4.78, 5) is 25.6. The summed E-state index contributed by atoms with van der Waals surface area (Å²) in [5.41, 5.74) is 5.09. The molecular weight excluding hydrogens is 450 g/mol. The van der Waals surface area contributed by atoms with Gasteiger partial charge in [0.15, 0.2) is 0 Å². The Hall–Kier alpha value is -4.38. The first kappa shape index (κ1) is 23.4. The van der Waals surface area contributed by atoms with Crippen LogP contribution in [0.3, 0.4) is 0 Å². The summed E-state index contributed by atoms with van der Waals surface area (Å²) in [5.74, 6) is -1.57. The van der Waals surface area contributed by atoms with Crippen molar-refractivity contribution < 1.29 is 19.1 Å². The highest BCUT2D eigenvalue weighted by Gasteiger charge is 2.37. The number of allylic oxidation sites excluding steroid dienone is 2. The van der Waals surface area contributed by atoms with Gasteiger partial charge in [-0.2, -0.15) is 0 Å². The molecule has 0 atom stereocenters. The van der Waals surface area contributed by atoms with Gasteiger partial charge in [-0.05, 0) is 58.1 Å². The molecule has 1 aliphatic rings. The minimum absolute atomic E-state index is 0.396. The first-order valence-electron chi connectivity index (χ1n) is 11.8. The zero-order chi connectivity index (χ0) is 25.4. The fourth-order valence-electron chi connectivity index (χ4n) is 5.24. The van der Waals surface area contributed by atoms with E-state index in [2.05, 4.69) is 53.8 Å². The van der Waals surface area contributed by atoms with Gasteiger partial charge in [0.25, 0.3) is 0 Å². The number of carbonyl (C=O) groups is 2. The van der Waals surface area contributed by atoms with E-state index < -0.39 is 17.9 Å². The van der Waals surface area contributed by atoms with Gasteiger partial charge in [-0.15, -0.1) is 0 Å². The van der Waals surface area contributed by atoms with E-state index >= 15 is 0 Å². The SMILES string of the molecule is COC(=O)C1=C(C)NC(C)=C(C(=O)OC)C1c1ccc(-c2cc3ccccc3c3ccccc23)cc1. The number of dihydropyridines is 1. The summed E-state index contributed by atoms with van der Waals surface area (Å²) >= 11 is 0. The predicted molar refractivity (Wildman–Crippen MR) is 142 cm³/mol. The summed E-state index contributed by atoms with van der Waals surface area (Å²) in [6.07, 6.45) is 0. The van der Waals surface area contributed by atoms with E-state index in [4.69, 9.17) is 9.47 Å². The summed E-state index contributed by atoms with van der Waals surface area (Å²) in [6.45, 7) is 3.62. The van der Waals surface area contributed by atoms with Gasteiger partial charge in [0.2, 0.25) is 0 Å². The molecule has 0 unspecified atom stereocenters. The van der Waals surface area contributed by atoms with E-state index in [1.54, 1.807) is 0 Å². The number of fused-ring (bicyclic) bond motifs is 3. The zero-order valence-corrected chi connectivity index (χ0v) is 20.7. The lowest BCUT2D eigenvalue weighted by atomic mass is 9.80. The smallest absolute Gasteiger partial charge is 0.336 e. The molecule has 0 bridgehead atoms. The third-order valence-corrected chi connectivity index (χ3v) is 6.89. The maximum atomic E-state index is 12.8. The first-order valence-corrected chi connectivity index (χ1v) is 11.8. The highest BCUT2D eigenvalue weighted by Crippen LogP contribution is 2.41. The second kappa shape index (κ2) is 9.34. The van der Waals surface area contributed by atoms with Crippen molar-refractivity contribution in [3.05, 3.63) is 107 Å². The van der Waals surface area contributed by atoms with Gasteiger partial charge in [0.1, 0.15) is 0 Å². The third kappa shape index (κ3) is 3.83. The molecule has 0 aromatic heterocycles. The fourth-order valence-corrected chi connectivity index (χ4v) is 5.24. The van der Waals surface area contributed by atoms with Crippen LogP contribution in [0.2, 0.25) is 0 Å². The van der Waals surface area contributed by atoms with Crippen molar-refractivity contribution in [2.24, 2.45) is 0 Å². The van der Waals surface area contributed by atoms with Gasteiger partial charge in [-0.1, -0.05) is 72.8 Å². The van der Waals surface area contributed by atoms with Crippen LogP contribution in [0.5, 0.6) is 0 Å². The fraction of sp³-hybridized carbons (Fsp3) is 0.161. The van der Waals surface area contributed by atoms with Crippen LogP contribution in [0.1, 0.15) is 25.3 Å². The van der Waals surface area contributed by atoms with Crippen molar-refractivity contribution in [2.45, 2.75) is 19.8 Å². The number of rotatable bonds is 4. The Labute approximate surface area is 210 Å². The lowest BCUT2D eigenvalue weighted by Crippen LogP contribution is -2.32. The molecule has 5 nitrogen and oxygen atoms in total. The molecule has 0 amide bonds. The molecule has 1 aliphatic heterocycles. The van der Waals surface area contributed by atoms with Crippen molar-refractivity contribution in [3.8, 4) is 11.1 Å². The van der Waals surface area contributed by atoms with Crippen molar-refractivity contribution >= 4 is 33.5 Å². The van der Waals surface area contributed by atoms with Gasteiger partial charge in [0.05, 0.1) is 31.3 Å². The molecule has 1 N–H and O–H groups in total. The quantitative estimate of drug-likeness (QED) is 0.278. The molecule has 5 heteroatoms. The summed E-state index contributed by atoms with van der Waals surface area (Å²) in [7, 11) is 2.69. The van der Waals surface area contributed by atoms with E-state index in [9.17, 15) is 9.59 Å². The van der Waals surface area contributed by atoms with Gasteiger partial charge in [0, 0.05) is 11.4 Å². The van der Waals surface area contributed by atoms with Crippen LogP contribution in [0.4, 0.5) is 0 Å². The Kier molecular flexibility index (Phi) is 6.06. The van der Waals surface area contributed by atoms with Crippen LogP contribution in [0.25, 0.3) is 32.7 Å². The van der Waals surface area contributed by atoms with Crippen molar-refractivity contribution in [3.63, 3.8) is 0 Å². The highest BCUT2D eigenvalue weighted by molar-refractivity contribution is 6.13.